The molecule has 0 atom stereocenters. The van der Waals surface area contributed by atoms with Gasteiger partial charge in [0.05, 0.1) is 12.7 Å². The molecule has 0 bridgehead atoms. The largest absolute Gasteiger partial charge is 0.496 e. The van der Waals surface area contributed by atoms with Gasteiger partial charge >= 0.3 is 0 Å². The van der Waals surface area contributed by atoms with Gasteiger partial charge in [-0.15, -0.1) is 0 Å². The lowest BCUT2D eigenvalue weighted by Crippen LogP contribution is -2.48. The Labute approximate surface area is 220 Å². The predicted octanol–water partition coefficient (Wildman–Crippen LogP) is 5.82. The number of halogens is 1. The van der Waals surface area contributed by atoms with Gasteiger partial charge in [-0.2, -0.15) is 0 Å². The van der Waals surface area contributed by atoms with Crippen LogP contribution in [0.5, 0.6) is 5.75 Å². The molecule has 0 radical (unpaired) electrons. The molecule has 37 heavy (non-hydrogen) atoms. The fourth-order valence-electron chi connectivity index (χ4n) is 4.35. The van der Waals surface area contributed by atoms with Crippen LogP contribution in [0.3, 0.4) is 0 Å². The Morgan fingerprint density at radius 3 is 2.32 bits per heavy atom. The maximum Gasteiger partial charge on any atom is 0.291 e. The number of ether oxygens (including phenoxy) is 1. The van der Waals surface area contributed by atoms with Crippen molar-refractivity contribution in [2.75, 3.05) is 43.5 Å². The number of rotatable bonds is 6. The number of nitrogens with one attached hydrogen (secondary N) is 1. The van der Waals surface area contributed by atoms with Gasteiger partial charge in [0.1, 0.15) is 11.5 Å². The molecule has 1 aliphatic rings. The molecule has 1 aromatic heterocycles. The SMILES string of the molecule is COc1ccc(Cl)cc1C(=O)N1CCN(c2ccc(NC(=O)c3ccc(-c4ccccc4)o3)cc2)CC1. The molecule has 2 heterocycles. The number of anilines is 2. The van der Waals surface area contributed by atoms with E-state index in [0.29, 0.717) is 54.0 Å². The van der Waals surface area contributed by atoms with E-state index in [2.05, 4.69) is 10.2 Å². The Bertz CT molecular complexity index is 1390. The van der Waals surface area contributed by atoms with Crippen LogP contribution in [0.25, 0.3) is 11.3 Å². The summed E-state index contributed by atoms with van der Waals surface area (Å²) in [5.41, 5.74) is 3.08. The van der Waals surface area contributed by atoms with E-state index in [1.165, 1.54) is 0 Å². The summed E-state index contributed by atoms with van der Waals surface area (Å²) in [7, 11) is 1.54. The molecule has 1 fully saturated rings. The van der Waals surface area contributed by atoms with Gasteiger partial charge in [0, 0.05) is 48.1 Å². The summed E-state index contributed by atoms with van der Waals surface area (Å²) in [6.07, 6.45) is 0. The van der Waals surface area contributed by atoms with Crippen molar-refractivity contribution in [2.24, 2.45) is 0 Å². The molecule has 0 aliphatic carbocycles. The molecule has 1 saturated heterocycles. The van der Waals surface area contributed by atoms with Gasteiger partial charge in [-0.05, 0) is 54.6 Å². The monoisotopic (exact) mass is 515 g/mol. The number of furan rings is 1. The van der Waals surface area contributed by atoms with Crippen molar-refractivity contribution < 1.29 is 18.7 Å². The van der Waals surface area contributed by atoms with E-state index in [1.807, 2.05) is 59.5 Å². The number of benzene rings is 3. The molecule has 4 aromatic rings. The van der Waals surface area contributed by atoms with Crippen molar-refractivity contribution in [2.45, 2.75) is 0 Å². The highest BCUT2D eigenvalue weighted by Crippen LogP contribution is 2.26. The van der Waals surface area contributed by atoms with Gasteiger partial charge in [0.25, 0.3) is 11.8 Å². The van der Waals surface area contributed by atoms with E-state index in [9.17, 15) is 9.59 Å². The average Bonchev–Trinajstić information content (AvgIpc) is 3.44. The van der Waals surface area contributed by atoms with E-state index in [0.717, 1.165) is 11.3 Å². The van der Waals surface area contributed by atoms with Crippen molar-refractivity contribution in [3.8, 4) is 17.1 Å². The van der Waals surface area contributed by atoms with Crippen LogP contribution >= 0.6 is 11.6 Å². The maximum atomic E-state index is 13.0. The lowest BCUT2D eigenvalue weighted by Gasteiger charge is -2.36. The molecule has 0 saturated carbocycles. The molecule has 5 rings (SSSR count). The van der Waals surface area contributed by atoms with Crippen molar-refractivity contribution in [3.05, 3.63) is 101 Å². The molecule has 7 nitrogen and oxygen atoms in total. The van der Waals surface area contributed by atoms with E-state index in [-0.39, 0.29) is 17.6 Å². The molecule has 2 amide bonds. The van der Waals surface area contributed by atoms with Crippen LogP contribution in [0.4, 0.5) is 11.4 Å². The van der Waals surface area contributed by atoms with Gasteiger partial charge in [-0.25, -0.2) is 0 Å². The van der Waals surface area contributed by atoms with E-state index in [1.54, 1.807) is 37.4 Å². The number of piperazine rings is 1. The summed E-state index contributed by atoms with van der Waals surface area (Å²) >= 11 is 6.10. The second-order valence-electron chi connectivity index (χ2n) is 8.65. The summed E-state index contributed by atoms with van der Waals surface area (Å²) in [5.74, 6) is 1.01. The smallest absolute Gasteiger partial charge is 0.291 e. The molecular formula is C29H26ClN3O4. The van der Waals surface area contributed by atoms with Crippen LogP contribution in [0.15, 0.2) is 89.3 Å². The number of amides is 2. The lowest BCUT2D eigenvalue weighted by atomic mass is 10.1. The Hall–Kier alpha value is -4.23. The summed E-state index contributed by atoms with van der Waals surface area (Å²) in [4.78, 5) is 29.7. The molecular weight excluding hydrogens is 490 g/mol. The third-order valence-corrected chi connectivity index (χ3v) is 6.57. The van der Waals surface area contributed by atoms with Crippen molar-refractivity contribution in [3.63, 3.8) is 0 Å². The fourth-order valence-corrected chi connectivity index (χ4v) is 4.52. The van der Waals surface area contributed by atoms with Crippen LogP contribution < -0.4 is 15.0 Å². The zero-order valence-electron chi connectivity index (χ0n) is 20.3. The van der Waals surface area contributed by atoms with Gasteiger partial charge < -0.3 is 24.3 Å². The predicted molar refractivity (Wildman–Crippen MR) is 145 cm³/mol. The lowest BCUT2D eigenvalue weighted by molar-refractivity contribution is 0.0743. The minimum absolute atomic E-state index is 0.0922. The van der Waals surface area contributed by atoms with Crippen molar-refractivity contribution >= 4 is 34.8 Å². The minimum atomic E-state index is -0.307. The number of hydrogen-bond acceptors (Lipinski definition) is 5. The Kier molecular flexibility index (Phi) is 7.14. The first-order chi connectivity index (χ1) is 18.0. The number of hydrogen-bond donors (Lipinski definition) is 1. The third kappa shape index (κ3) is 5.47. The van der Waals surface area contributed by atoms with Crippen molar-refractivity contribution in [1.82, 2.24) is 4.90 Å². The number of nitrogens with zero attached hydrogens (tertiary/aromatic N) is 2. The molecule has 188 valence electrons. The molecule has 8 heteroatoms. The Morgan fingerprint density at radius 1 is 0.892 bits per heavy atom. The minimum Gasteiger partial charge on any atom is -0.496 e. The molecule has 0 spiro atoms. The quantitative estimate of drug-likeness (QED) is 0.350. The van der Waals surface area contributed by atoms with Gasteiger partial charge in [0.2, 0.25) is 0 Å². The van der Waals surface area contributed by atoms with Crippen LogP contribution in [-0.4, -0.2) is 50.0 Å². The number of carbonyl (C=O) groups is 2. The van der Waals surface area contributed by atoms with E-state index >= 15 is 0 Å². The molecule has 1 aliphatic heterocycles. The molecule has 1 N–H and O–H groups in total. The van der Waals surface area contributed by atoms with Gasteiger partial charge in [-0.1, -0.05) is 41.9 Å². The highest BCUT2D eigenvalue weighted by molar-refractivity contribution is 6.31. The molecule has 0 unspecified atom stereocenters. The molecule has 3 aromatic carbocycles. The third-order valence-electron chi connectivity index (χ3n) is 6.34. The Balaban J connectivity index is 1.17. The van der Waals surface area contributed by atoms with Crippen LogP contribution in [0, 0.1) is 0 Å². The van der Waals surface area contributed by atoms with Crippen molar-refractivity contribution in [1.29, 1.82) is 0 Å². The summed E-state index contributed by atoms with van der Waals surface area (Å²) < 4.78 is 11.1. The fraction of sp³-hybridized carbons (Fsp3) is 0.172. The first-order valence-corrected chi connectivity index (χ1v) is 12.3. The average molecular weight is 516 g/mol. The number of carbonyl (C=O) groups excluding carboxylic acids is 2. The summed E-state index contributed by atoms with van der Waals surface area (Å²) in [6, 6.07) is 25.8. The van der Waals surface area contributed by atoms with Gasteiger partial charge in [0.15, 0.2) is 5.76 Å². The van der Waals surface area contributed by atoms with Crippen LogP contribution in [0.2, 0.25) is 5.02 Å². The van der Waals surface area contributed by atoms with Crippen LogP contribution in [-0.2, 0) is 0 Å². The van der Waals surface area contributed by atoms with Gasteiger partial charge in [-0.3, -0.25) is 9.59 Å². The van der Waals surface area contributed by atoms with E-state index in [4.69, 9.17) is 20.8 Å². The number of methoxy groups -OCH3 is 1. The zero-order chi connectivity index (χ0) is 25.8. The Morgan fingerprint density at radius 2 is 1.62 bits per heavy atom. The highest BCUT2D eigenvalue weighted by atomic mass is 35.5. The second kappa shape index (κ2) is 10.8. The standard InChI is InChI=1S/C29H26ClN3O4/c1-36-26-12-7-21(30)19-24(26)29(35)33-17-15-32(16-18-33)23-10-8-22(9-11-23)31-28(34)27-14-13-25(37-27)20-5-3-2-4-6-20/h2-14,19H,15-18H2,1H3,(H,31,34). The highest BCUT2D eigenvalue weighted by Gasteiger charge is 2.25. The maximum absolute atomic E-state index is 13.0. The zero-order valence-corrected chi connectivity index (χ0v) is 21.1. The topological polar surface area (TPSA) is 75.0 Å². The normalized spacial score (nSPS) is 13.4. The first kappa shape index (κ1) is 24.5. The first-order valence-electron chi connectivity index (χ1n) is 12.0. The van der Waals surface area contributed by atoms with E-state index < -0.39 is 0 Å². The summed E-state index contributed by atoms with van der Waals surface area (Å²) in [6.45, 7) is 2.54. The summed E-state index contributed by atoms with van der Waals surface area (Å²) in [5, 5.41) is 3.38. The van der Waals surface area contributed by atoms with Crippen LogP contribution in [0.1, 0.15) is 20.9 Å². The second-order valence-corrected chi connectivity index (χ2v) is 9.09.